The third-order valence-electron chi connectivity index (χ3n) is 10.1. The number of morpholine rings is 1. The zero-order valence-electron chi connectivity index (χ0n) is 38.9. The van der Waals surface area contributed by atoms with Crippen molar-refractivity contribution in [3.63, 3.8) is 0 Å². The van der Waals surface area contributed by atoms with E-state index in [1.807, 2.05) is 24.2 Å². The van der Waals surface area contributed by atoms with Crippen LogP contribution in [0.25, 0.3) is 0 Å². The summed E-state index contributed by atoms with van der Waals surface area (Å²) in [6.45, 7) is 13.8. The van der Waals surface area contributed by atoms with Crippen molar-refractivity contribution < 1.29 is 67.6 Å². The van der Waals surface area contributed by atoms with Gasteiger partial charge in [-0.05, 0) is 55.0 Å². The number of nitrogens with one attached hydrogen (secondary N) is 4. The molecule has 3 aliphatic rings. The van der Waals surface area contributed by atoms with Crippen molar-refractivity contribution in [2.75, 3.05) is 82.1 Å². The van der Waals surface area contributed by atoms with Crippen molar-refractivity contribution in [2.45, 2.75) is 84.1 Å². The van der Waals surface area contributed by atoms with Gasteiger partial charge in [-0.25, -0.2) is 24.6 Å². The number of aliphatic hydroxyl groups excluding tert-OH is 3. The summed E-state index contributed by atoms with van der Waals surface area (Å²) in [5, 5.41) is 45.8. The molecule has 27 heteroatoms. The van der Waals surface area contributed by atoms with Crippen LogP contribution in [0.15, 0.2) is 48.9 Å². The molecule has 0 bridgehead atoms. The number of ether oxygens (including phenoxy) is 3. The number of epoxide rings is 1. The molecule has 382 valence electrons. The van der Waals surface area contributed by atoms with E-state index < -0.39 is 30.6 Å². The highest BCUT2D eigenvalue weighted by Crippen LogP contribution is 2.52. The Bertz CT molecular complexity index is 2010. The number of nitro groups is 1. The van der Waals surface area contributed by atoms with Gasteiger partial charge in [0.05, 0.1) is 63.6 Å². The second kappa shape index (κ2) is 31.0. The van der Waals surface area contributed by atoms with Crippen molar-refractivity contribution in [3.05, 3.63) is 76.2 Å². The van der Waals surface area contributed by atoms with Crippen LogP contribution in [-0.2, 0) is 30.1 Å². The molecular formula is C41H67FN11O14P. The van der Waals surface area contributed by atoms with Gasteiger partial charge in [0.15, 0.2) is 11.7 Å². The number of nitrogens with zero attached hydrogens (tertiary/aromatic N) is 6. The standard InChI is InChI=1S/C16H20FN3O4.C10H24N2O2.C6H9N3O3.C6H7N3O.C3H7O4P/c1-11(21)18-9-13-10-20(16(22)24-13)12-2-3-15(14(17)8-12)19-4-6-23-7-5-19;1-3-9(7-13)11-5-6-12-10(4-2)8-14;1-5-7-4-6(9(11)12)8(5)2-3-10;7-9-6(10)5-1-3-8-4-2-5;1-2-3(7-2)8(4,5)6/h2-3,8,13H,4-7,9-10H2,1H3,(H,18,21);9-14H,3-8H2,1-2H3;4,10H,2-3H2,1H3;1-4H,7H2,(H,9,10);2-3H,1H3,(H2,4,5,6)/t13-;9-,10-;;;2-,3+/m00..0/s1. The van der Waals surface area contributed by atoms with Crippen LogP contribution in [0.1, 0.15) is 56.7 Å². The molecule has 25 nitrogen and oxygen atoms in total. The van der Waals surface area contributed by atoms with E-state index in [1.165, 1.54) is 41.0 Å². The summed E-state index contributed by atoms with van der Waals surface area (Å²) in [5.41, 5.74) is 3.47. The molecule has 3 saturated heterocycles. The Balaban J connectivity index is 0.000000311. The Hall–Kier alpha value is -5.25. The van der Waals surface area contributed by atoms with E-state index in [-0.39, 0.29) is 81.1 Å². The average Bonchev–Trinajstić information content (AvgIpc) is 3.82. The number of hydrogen-bond acceptors (Lipinski definition) is 18. The molecule has 0 aliphatic carbocycles. The molecule has 3 aliphatic heterocycles. The minimum absolute atomic E-state index is 0.0819. The fourth-order valence-electron chi connectivity index (χ4n) is 6.14. The van der Waals surface area contributed by atoms with Crippen LogP contribution in [0.5, 0.6) is 0 Å². The van der Waals surface area contributed by atoms with Crippen molar-refractivity contribution in [1.82, 2.24) is 35.9 Å². The van der Waals surface area contributed by atoms with Gasteiger partial charge in [0.2, 0.25) is 5.91 Å². The fraction of sp³-hybridized carbons (Fsp3) is 0.585. The molecule has 3 fully saturated rings. The lowest BCUT2D eigenvalue weighted by molar-refractivity contribution is -0.392. The molecule has 68 heavy (non-hydrogen) atoms. The summed E-state index contributed by atoms with van der Waals surface area (Å²) in [4.78, 5) is 70.9. The largest absolute Gasteiger partial charge is 0.442 e. The van der Waals surface area contributed by atoms with Gasteiger partial charge in [-0.3, -0.25) is 29.5 Å². The number of benzene rings is 1. The lowest BCUT2D eigenvalue weighted by Crippen LogP contribution is -2.40. The molecule has 11 N–H and O–H groups in total. The van der Waals surface area contributed by atoms with Gasteiger partial charge in [-0.2, -0.15) is 0 Å². The van der Waals surface area contributed by atoms with Gasteiger partial charge in [0.1, 0.15) is 24.7 Å². The Labute approximate surface area is 393 Å². The smallest absolute Gasteiger partial charge is 0.414 e. The number of carbonyl (C=O) groups excluding carboxylic acids is 3. The summed E-state index contributed by atoms with van der Waals surface area (Å²) in [7, 11) is -3.90. The van der Waals surface area contributed by atoms with Crippen molar-refractivity contribution in [2.24, 2.45) is 5.84 Å². The van der Waals surface area contributed by atoms with E-state index in [1.54, 1.807) is 38.1 Å². The van der Waals surface area contributed by atoms with Crippen LogP contribution >= 0.6 is 7.60 Å². The first-order valence-corrected chi connectivity index (χ1v) is 23.5. The Morgan fingerprint density at radius 2 is 1.63 bits per heavy atom. The number of carbonyl (C=O) groups is 3. The second-order valence-corrected chi connectivity index (χ2v) is 16.8. The van der Waals surface area contributed by atoms with E-state index in [9.17, 15) is 33.5 Å². The molecule has 2 aromatic heterocycles. The zero-order chi connectivity index (χ0) is 50.8. The maximum absolute atomic E-state index is 14.4. The molecule has 3 aromatic rings. The number of aryl methyl sites for hydroxylation is 1. The number of rotatable bonds is 18. The molecule has 0 unspecified atom stereocenters. The average molecular weight is 988 g/mol. The molecule has 0 saturated carbocycles. The van der Waals surface area contributed by atoms with Crippen LogP contribution in [0.4, 0.5) is 26.4 Å². The normalized spacial score (nSPS) is 18.1. The Morgan fingerprint density at radius 1 is 1.04 bits per heavy atom. The molecule has 0 spiro atoms. The van der Waals surface area contributed by atoms with E-state index in [2.05, 4.69) is 30.7 Å². The van der Waals surface area contributed by atoms with Crippen molar-refractivity contribution in [3.8, 4) is 0 Å². The SMILES string of the molecule is CC(=O)NC[C@H]1CN(c2ccc(N3CCOCC3)c(F)c2)C(=O)O1.CC[C@@H](CO)NCCN[C@@H](CC)CO.C[C@@H]1O[C@@H]1P(=O)(O)O.Cc1ncc([N+](=O)[O-])n1CCO.NNC(=O)c1ccncc1. The van der Waals surface area contributed by atoms with E-state index in [0.29, 0.717) is 49.1 Å². The number of anilines is 2. The highest BCUT2D eigenvalue weighted by atomic mass is 31.2. The number of nitrogen functional groups attached to an aromatic ring is 1. The summed E-state index contributed by atoms with van der Waals surface area (Å²) >= 11 is 0. The first-order valence-electron chi connectivity index (χ1n) is 21.8. The van der Waals surface area contributed by atoms with Gasteiger partial charge < -0.3 is 70.3 Å². The fourth-order valence-corrected chi connectivity index (χ4v) is 7.04. The second-order valence-electron chi connectivity index (χ2n) is 15.1. The van der Waals surface area contributed by atoms with Crippen molar-refractivity contribution in [1.29, 1.82) is 0 Å². The number of cyclic esters (lactones) is 1. The third kappa shape index (κ3) is 20.9. The number of amides is 3. The maximum atomic E-state index is 14.4. The Kier molecular flexibility index (Phi) is 26.8. The first-order chi connectivity index (χ1) is 32.3. The molecule has 1 aromatic carbocycles. The van der Waals surface area contributed by atoms with Crippen LogP contribution < -0.4 is 37.0 Å². The predicted molar refractivity (Wildman–Crippen MR) is 247 cm³/mol. The quantitative estimate of drug-likeness (QED) is 0.0158. The van der Waals surface area contributed by atoms with E-state index in [0.717, 1.165) is 25.9 Å². The Morgan fingerprint density at radius 3 is 2.07 bits per heavy atom. The van der Waals surface area contributed by atoms with Crippen LogP contribution in [0.2, 0.25) is 0 Å². The van der Waals surface area contributed by atoms with Gasteiger partial charge in [0.25, 0.3) is 5.91 Å². The third-order valence-corrected chi connectivity index (χ3v) is 11.3. The minimum atomic E-state index is -3.90. The predicted octanol–water partition coefficient (Wildman–Crippen LogP) is 0.517. The van der Waals surface area contributed by atoms with E-state index in [4.69, 9.17) is 40.4 Å². The van der Waals surface area contributed by atoms with Crippen LogP contribution in [0, 0.1) is 22.9 Å². The lowest BCUT2D eigenvalue weighted by Gasteiger charge is -2.29. The summed E-state index contributed by atoms with van der Waals surface area (Å²) in [5.74, 6) is 3.65. The number of aromatic nitrogens is 3. The number of imidazole rings is 1. The van der Waals surface area contributed by atoms with Gasteiger partial charge in [-0.15, -0.1) is 0 Å². The summed E-state index contributed by atoms with van der Waals surface area (Å²) < 4.78 is 41.0. The number of pyridine rings is 1. The summed E-state index contributed by atoms with van der Waals surface area (Å²) in [6, 6.07) is 8.29. The topological polar surface area (TPSA) is 355 Å². The number of nitrogens with two attached hydrogens (primary N) is 1. The minimum Gasteiger partial charge on any atom is -0.442 e. The van der Waals surface area contributed by atoms with Gasteiger partial charge >= 0.3 is 19.5 Å². The molecule has 3 amide bonds. The number of halogens is 1. The first kappa shape index (κ1) is 58.9. The monoisotopic (exact) mass is 987 g/mol. The maximum Gasteiger partial charge on any atom is 0.414 e. The lowest BCUT2D eigenvalue weighted by atomic mass is 10.2. The van der Waals surface area contributed by atoms with Crippen molar-refractivity contribution >= 4 is 42.7 Å². The van der Waals surface area contributed by atoms with Crippen LogP contribution in [-0.4, -0.2) is 165 Å². The molecule has 5 heterocycles. The highest BCUT2D eigenvalue weighted by Gasteiger charge is 2.48. The highest BCUT2D eigenvalue weighted by molar-refractivity contribution is 7.52. The number of aliphatic hydroxyl groups is 3. The van der Waals surface area contributed by atoms with Gasteiger partial charge in [-0.1, -0.05) is 13.8 Å². The molecule has 5 atom stereocenters. The molecule has 0 radical (unpaired) electrons. The molecular weight excluding hydrogens is 920 g/mol. The zero-order valence-corrected chi connectivity index (χ0v) is 39.8. The number of hydrogen-bond donors (Lipinski definition) is 10. The number of hydrazine groups is 1. The van der Waals surface area contributed by atoms with E-state index >= 15 is 0 Å². The summed E-state index contributed by atoms with van der Waals surface area (Å²) in [6.07, 6.45) is 4.89. The van der Waals surface area contributed by atoms with Gasteiger partial charge in [0, 0.05) is 70.1 Å². The van der Waals surface area contributed by atoms with Crippen LogP contribution in [0.3, 0.4) is 0 Å². The molecule has 6 rings (SSSR count).